The first-order valence-corrected chi connectivity index (χ1v) is 5.99. The Morgan fingerprint density at radius 2 is 2.30 bits per heavy atom. The highest BCUT2D eigenvalue weighted by Gasteiger charge is 2.11. The summed E-state index contributed by atoms with van der Waals surface area (Å²) < 4.78 is 19.4. The number of aromatic nitrogens is 1. The van der Waals surface area contributed by atoms with Crippen molar-refractivity contribution in [3.63, 3.8) is 0 Å². The van der Waals surface area contributed by atoms with Crippen molar-refractivity contribution in [1.82, 2.24) is 10.3 Å². The van der Waals surface area contributed by atoms with E-state index in [1.165, 1.54) is 6.07 Å². The number of oxazole rings is 1. The van der Waals surface area contributed by atoms with Crippen LogP contribution < -0.4 is 11.1 Å². The van der Waals surface area contributed by atoms with Crippen molar-refractivity contribution in [3.05, 3.63) is 53.0 Å². The number of nitrogens with one attached hydrogen (secondary N) is 1. The first-order chi connectivity index (χ1) is 9.61. The van der Waals surface area contributed by atoms with Gasteiger partial charge in [-0.15, -0.1) is 0 Å². The molecule has 0 aliphatic heterocycles. The van der Waals surface area contributed by atoms with E-state index in [9.17, 15) is 4.39 Å². The van der Waals surface area contributed by atoms with Crippen LogP contribution in [0.15, 0.2) is 34.0 Å². The fourth-order valence-corrected chi connectivity index (χ4v) is 1.76. The summed E-state index contributed by atoms with van der Waals surface area (Å²) in [6.07, 6.45) is 1.62. The van der Waals surface area contributed by atoms with Gasteiger partial charge in [-0.1, -0.05) is 17.3 Å². The Balaban J connectivity index is 2.03. The lowest BCUT2D eigenvalue weighted by Gasteiger charge is -2.07. The first-order valence-electron chi connectivity index (χ1n) is 5.99. The van der Waals surface area contributed by atoms with E-state index < -0.39 is 5.82 Å². The SMILES string of the molecule is Cc1cnc(CNCc2cccc(/C(N)=N/O)c2F)o1. The molecule has 0 aliphatic carbocycles. The molecule has 0 bridgehead atoms. The number of benzene rings is 1. The van der Waals surface area contributed by atoms with Gasteiger partial charge < -0.3 is 20.7 Å². The molecule has 2 rings (SSSR count). The Hall–Kier alpha value is -2.41. The Bertz CT molecular complexity index is 625. The van der Waals surface area contributed by atoms with E-state index in [-0.39, 0.29) is 17.9 Å². The summed E-state index contributed by atoms with van der Waals surface area (Å²) in [5.41, 5.74) is 5.88. The fraction of sp³-hybridized carbons (Fsp3) is 0.231. The third kappa shape index (κ3) is 3.12. The third-order valence-corrected chi connectivity index (χ3v) is 2.72. The molecule has 0 spiro atoms. The Kier molecular flexibility index (Phi) is 4.31. The number of hydrogen-bond acceptors (Lipinski definition) is 5. The summed E-state index contributed by atoms with van der Waals surface area (Å²) in [7, 11) is 0. The van der Waals surface area contributed by atoms with Gasteiger partial charge in [-0.05, 0) is 13.0 Å². The summed E-state index contributed by atoms with van der Waals surface area (Å²) in [4.78, 5) is 4.03. The van der Waals surface area contributed by atoms with Gasteiger partial charge in [0.25, 0.3) is 0 Å². The quantitative estimate of drug-likeness (QED) is 0.333. The standard InChI is InChI=1S/C13H15FN4O2/c1-8-5-17-11(20-8)7-16-6-9-3-2-4-10(12(9)14)13(15)18-19/h2-5,16,19H,6-7H2,1H3,(H2,15,18). The van der Waals surface area contributed by atoms with Crippen molar-refractivity contribution in [2.24, 2.45) is 10.9 Å². The molecule has 0 amide bonds. The number of halogens is 1. The number of nitrogens with zero attached hydrogens (tertiary/aromatic N) is 2. The second-order valence-corrected chi connectivity index (χ2v) is 4.23. The average molecular weight is 278 g/mol. The topological polar surface area (TPSA) is 96.7 Å². The highest BCUT2D eigenvalue weighted by Crippen LogP contribution is 2.13. The molecule has 0 atom stereocenters. The molecule has 106 valence electrons. The normalized spacial score (nSPS) is 11.8. The predicted molar refractivity (Wildman–Crippen MR) is 70.7 cm³/mol. The summed E-state index contributed by atoms with van der Waals surface area (Å²) >= 11 is 0. The first kappa shape index (κ1) is 14.0. The Labute approximate surface area is 115 Å². The van der Waals surface area contributed by atoms with E-state index >= 15 is 0 Å². The molecular weight excluding hydrogens is 263 g/mol. The van der Waals surface area contributed by atoms with Gasteiger partial charge >= 0.3 is 0 Å². The monoisotopic (exact) mass is 278 g/mol. The molecule has 7 heteroatoms. The van der Waals surface area contributed by atoms with Crippen LogP contribution in [0.4, 0.5) is 4.39 Å². The molecular formula is C13H15FN4O2. The molecule has 0 saturated carbocycles. The van der Waals surface area contributed by atoms with Gasteiger partial charge in [0.2, 0.25) is 5.89 Å². The van der Waals surface area contributed by atoms with Gasteiger partial charge in [-0.25, -0.2) is 9.37 Å². The van der Waals surface area contributed by atoms with Gasteiger partial charge in [0.1, 0.15) is 11.6 Å². The number of nitrogens with two attached hydrogens (primary N) is 1. The fourth-order valence-electron chi connectivity index (χ4n) is 1.76. The van der Waals surface area contributed by atoms with Crippen molar-refractivity contribution in [1.29, 1.82) is 0 Å². The zero-order valence-electron chi connectivity index (χ0n) is 10.9. The lowest BCUT2D eigenvalue weighted by Crippen LogP contribution is -2.18. The molecule has 0 radical (unpaired) electrons. The highest BCUT2D eigenvalue weighted by atomic mass is 19.1. The molecule has 0 saturated heterocycles. The maximum Gasteiger partial charge on any atom is 0.208 e. The van der Waals surface area contributed by atoms with Crippen LogP contribution in [0.2, 0.25) is 0 Å². The molecule has 1 aromatic carbocycles. The molecule has 0 fully saturated rings. The molecule has 1 heterocycles. The third-order valence-electron chi connectivity index (χ3n) is 2.72. The number of hydrogen-bond donors (Lipinski definition) is 3. The van der Waals surface area contributed by atoms with Crippen molar-refractivity contribution in [3.8, 4) is 0 Å². The minimum absolute atomic E-state index is 0.0683. The molecule has 0 unspecified atom stereocenters. The van der Waals surface area contributed by atoms with Gasteiger partial charge in [0.05, 0.1) is 18.3 Å². The average Bonchev–Trinajstić information content (AvgIpc) is 2.85. The largest absolute Gasteiger partial charge is 0.445 e. The number of rotatable bonds is 5. The summed E-state index contributed by atoms with van der Waals surface area (Å²) in [6.45, 7) is 2.47. The number of amidine groups is 1. The van der Waals surface area contributed by atoms with Crippen LogP contribution in [-0.2, 0) is 13.1 Å². The highest BCUT2D eigenvalue weighted by molar-refractivity contribution is 5.97. The lowest BCUT2D eigenvalue weighted by atomic mass is 10.1. The van der Waals surface area contributed by atoms with E-state index in [2.05, 4.69) is 15.5 Å². The Morgan fingerprint density at radius 1 is 1.50 bits per heavy atom. The summed E-state index contributed by atoms with van der Waals surface area (Å²) in [6, 6.07) is 4.71. The zero-order chi connectivity index (χ0) is 14.5. The van der Waals surface area contributed by atoms with Gasteiger partial charge in [-0.3, -0.25) is 0 Å². The van der Waals surface area contributed by atoms with Crippen LogP contribution in [0, 0.1) is 12.7 Å². The summed E-state index contributed by atoms with van der Waals surface area (Å²) in [5, 5.41) is 14.4. The zero-order valence-corrected chi connectivity index (χ0v) is 10.9. The predicted octanol–water partition coefficient (Wildman–Crippen LogP) is 1.51. The molecule has 0 aliphatic rings. The van der Waals surface area contributed by atoms with E-state index in [0.29, 0.717) is 18.0 Å². The van der Waals surface area contributed by atoms with Gasteiger partial charge in [-0.2, -0.15) is 0 Å². The second kappa shape index (κ2) is 6.16. The van der Waals surface area contributed by atoms with E-state index in [1.807, 2.05) is 0 Å². The second-order valence-electron chi connectivity index (χ2n) is 4.23. The van der Waals surface area contributed by atoms with E-state index in [1.54, 1.807) is 25.3 Å². The van der Waals surface area contributed by atoms with Crippen LogP contribution in [0.5, 0.6) is 0 Å². The lowest BCUT2D eigenvalue weighted by molar-refractivity contribution is 0.318. The smallest absolute Gasteiger partial charge is 0.208 e. The van der Waals surface area contributed by atoms with Gasteiger partial charge in [0.15, 0.2) is 5.84 Å². The maximum atomic E-state index is 14.1. The molecule has 2 aromatic rings. The van der Waals surface area contributed by atoms with E-state index in [0.717, 1.165) is 5.76 Å². The van der Waals surface area contributed by atoms with E-state index in [4.69, 9.17) is 15.4 Å². The minimum Gasteiger partial charge on any atom is -0.445 e. The van der Waals surface area contributed by atoms with Crippen LogP contribution in [0.25, 0.3) is 0 Å². The molecule has 4 N–H and O–H groups in total. The van der Waals surface area contributed by atoms with Crippen molar-refractivity contribution in [2.75, 3.05) is 0 Å². The van der Waals surface area contributed by atoms with Crippen molar-refractivity contribution >= 4 is 5.84 Å². The minimum atomic E-state index is -0.515. The van der Waals surface area contributed by atoms with Crippen LogP contribution in [0.3, 0.4) is 0 Å². The molecule has 1 aromatic heterocycles. The Morgan fingerprint density at radius 3 is 2.95 bits per heavy atom. The van der Waals surface area contributed by atoms with Crippen molar-refractivity contribution in [2.45, 2.75) is 20.0 Å². The molecule has 6 nitrogen and oxygen atoms in total. The number of oxime groups is 1. The van der Waals surface area contributed by atoms with Crippen LogP contribution >= 0.6 is 0 Å². The number of aryl methyl sites for hydroxylation is 1. The van der Waals surface area contributed by atoms with Crippen LogP contribution in [-0.4, -0.2) is 16.0 Å². The van der Waals surface area contributed by atoms with Crippen molar-refractivity contribution < 1.29 is 14.0 Å². The van der Waals surface area contributed by atoms with Crippen LogP contribution in [0.1, 0.15) is 22.8 Å². The molecule has 20 heavy (non-hydrogen) atoms. The maximum absolute atomic E-state index is 14.1. The summed E-state index contributed by atoms with van der Waals surface area (Å²) in [5.74, 6) is 0.490. The van der Waals surface area contributed by atoms with Gasteiger partial charge in [0, 0.05) is 12.1 Å².